The number of ether oxygens (including phenoxy) is 1. The molecule has 3 rings (SSSR count). The number of hydrogen-bond donors (Lipinski definition) is 0. The zero-order valence-electron chi connectivity index (χ0n) is 13.7. The van der Waals surface area contributed by atoms with Gasteiger partial charge in [-0.15, -0.1) is 29.3 Å². The van der Waals surface area contributed by atoms with Crippen molar-refractivity contribution < 1.29 is 9.53 Å². The van der Waals surface area contributed by atoms with Crippen molar-refractivity contribution in [3.8, 4) is 10.4 Å². The smallest absolute Gasteiger partial charge is 0.318 e. The molecule has 3 heterocycles. The molecule has 0 radical (unpaired) electrons. The first kappa shape index (κ1) is 17.9. The second-order valence-electron chi connectivity index (χ2n) is 5.19. The first-order chi connectivity index (χ1) is 12.1. The summed E-state index contributed by atoms with van der Waals surface area (Å²) in [5, 5.41) is 4.60. The van der Waals surface area contributed by atoms with Gasteiger partial charge in [0.05, 0.1) is 12.5 Å². The standard InChI is InChI=1S/C17H16N2O3S3/c1-4-7-19-15(20)13-11(12-6-5-8-23-12)9-24-14(13)18-17(19)25-10(2)16(21)22-3/h4-6,8-10H,1,7H2,2-3H3/t10-/m0/s1. The molecular weight excluding hydrogens is 376 g/mol. The molecule has 130 valence electrons. The number of hydrogen-bond acceptors (Lipinski definition) is 7. The molecule has 5 nitrogen and oxygen atoms in total. The second kappa shape index (κ2) is 7.55. The van der Waals surface area contributed by atoms with E-state index in [2.05, 4.69) is 11.6 Å². The van der Waals surface area contributed by atoms with Crippen molar-refractivity contribution in [1.82, 2.24) is 9.55 Å². The maximum absolute atomic E-state index is 13.1. The number of thioether (sulfide) groups is 1. The fourth-order valence-corrected chi connectivity index (χ4v) is 5.12. The molecule has 3 aromatic rings. The van der Waals surface area contributed by atoms with Gasteiger partial charge >= 0.3 is 5.97 Å². The number of thiophene rings is 2. The summed E-state index contributed by atoms with van der Waals surface area (Å²) >= 11 is 4.24. The lowest BCUT2D eigenvalue weighted by molar-refractivity contribution is -0.139. The van der Waals surface area contributed by atoms with Crippen LogP contribution in [0.3, 0.4) is 0 Å². The minimum atomic E-state index is -0.456. The molecular formula is C17H16N2O3S3. The van der Waals surface area contributed by atoms with Crippen LogP contribution in [0.25, 0.3) is 20.7 Å². The molecule has 0 aliphatic heterocycles. The van der Waals surface area contributed by atoms with Gasteiger partial charge in [0.25, 0.3) is 5.56 Å². The highest BCUT2D eigenvalue weighted by Crippen LogP contribution is 2.35. The van der Waals surface area contributed by atoms with E-state index in [0.29, 0.717) is 21.9 Å². The van der Waals surface area contributed by atoms with Crippen LogP contribution < -0.4 is 5.56 Å². The molecule has 0 N–H and O–H groups in total. The van der Waals surface area contributed by atoms with E-state index in [1.807, 2.05) is 22.9 Å². The molecule has 0 spiro atoms. The fraction of sp³-hybridized carbons (Fsp3) is 0.235. The van der Waals surface area contributed by atoms with Crippen molar-refractivity contribution in [3.05, 3.63) is 45.9 Å². The van der Waals surface area contributed by atoms with Crippen LogP contribution in [-0.4, -0.2) is 27.9 Å². The van der Waals surface area contributed by atoms with Crippen molar-refractivity contribution in [3.63, 3.8) is 0 Å². The maximum Gasteiger partial charge on any atom is 0.318 e. The summed E-state index contributed by atoms with van der Waals surface area (Å²) in [6.45, 7) is 5.79. The molecule has 1 atom stereocenters. The van der Waals surface area contributed by atoms with Gasteiger partial charge in [0.1, 0.15) is 10.1 Å². The highest BCUT2D eigenvalue weighted by atomic mass is 32.2. The summed E-state index contributed by atoms with van der Waals surface area (Å²) in [4.78, 5) is 31.2. The molecule has 0 bridgehead atoms. The summed E-state index contributed by atoms with van der Waals surface area (Å²) in [6, 6.07) is 3.95. The van der Waals surface area contributed by atoms with E-state index in [1.165, 1.54) is 30.2 Å². The number of rotatable bonds is 6. The summed E-state index contributed by atoms with van der Waals surface area (Å²) in [7, 11) is 1.35. The van der Waals surface area contributed by atoms with Crippen LogP contribution in [0.4, 0.5) is 0 Å². The number of nitrogens with zero attached hydrogens (tertiary/aromatic N) is 2. The van der Waals surface area contributed by atoms with Crippen LogP contribution in [0.15, 0.2) is 45.5 Å². The molecule has 8 heteroatoms. The van der Waals surface area contributed by atoms with Crippen molar-refractivity contribution in [2.45, 2.75) is 23.9 Å². The Morgan fingerprint density at radius 3 is 2.96 bits per heavy atom. The van der Waals surface area contributed by atoms with Gasteiger partial charge in [-0.25, -0.2) is 4.98 Å². The third-order valence-corrected chi connectivity index (χ3v) is 6.42. The van der Waals surface area contributed by atoms with Gasteiger partial charge in [0.15, 0.2) is 5.16 Å². The molecule has 3 aromatic heterocycles. The Labute approximate surface area is 157 Å². The molecule has 0 aliphatic carbocycles. The highest BCUT2D eigenvalue weighted by molar-refractivity contribution is 8.00. The Morgan fingerprint density at radius 2 is 2.32 bits per heavy atom. The zero-order chi connectivity index (χ0) is 18.0. The topological polar surface area (TPSA) is 61.2 Å². The number of esters is 1. The van der Waals surface area contributed by atoms with E-state index in [1.54, 1.807) is 28.9 Å². The van der Waals surface area contributed by atoms with Crippen molar-refractivity contribution in [2.24, 2.45) is 0 Å². The van der Waals surface area contributed by atoms with E-state index >= 15 is 0 Å². The third-order valence-electron chi connectivity index (χ3n) is 3.57. The molecule has 0 unspecified atom stereocenters. The number of carbonyl (C=O) groups is 1. The van der Waals surface area contributed by atoms with Crippen molar-refractivity contribution >= 4 is 50.6 Å². The van der Waals surface area contributed by atoms with E-state index in [0.717, 1.165) is 10.4 Å². The molecule has 0 amide bonds. The third kappa shape index (κ3) is 3.42. The summed E-state index contributed by atoms with van der Waals surface area (Å²) in [5.41, 5.74) is 0.789. The van der Waals surface area contributed by atoms with Gasteiger partial charge in [0.2, 0.25) is 0 Å². The normalized spacial score (nSPS) is 12.2. The number of fused-ring (bicyclic) bond motifs is 1. The number of allylic oxidation sites excluding steroid dienone is 1. The molecule has 0 aromatic carbocycles. The van der Waals surface area contributed by atoms with Gasteiger partial charge < -0.3 is 4.74 Å². The van der Waals surface area contributed by atoms with E-state index in [4.69, 9.17) is 4.74 Å². The van der Waals surface area contributed by atoms with Crippen LogP contribution >= 0.6 is 34.4 Å². The summed E-state index contributed by atoms with van der Waals surface area (Å²) in [6.07, 6.45) is 1.65. The molecule has 0 saturated carbocycles. The lowest BCUT2D eigenvalue weighted by Gasteiger charge is -2.13. The van der Waals surface area contributed by atoms with Crippen LogP contribution in [0.5, 0.6) is 0 Å². The Bertz CT molecular complexity index is 973. The Hall–Kier alpha value is -1.90. The average Bonchev–Trinajstić information content (AvgIpc) is 3.26. The first-order valence-corrected chi connectivity index (χ1v) is 10.1. The van der Waals surface area contributed by atoms with E-state index in [-0.39, 0.29) is 11.5 Å². The van der Waals surface area contributed by atoms with Gasteiger partial charge in [0, 0.05) is 22.4 Å². The van der Waals surface area contributed by atoms with Crippen LogP contribution in [0.2, 0.25) is 0 Å². The molecule has 0 aliphatic rings. The highest BCUT2D eigenvalue weighted by Gasteiger charge is 2.21. The number of aromatic nitrogens is 2. The largest absolute Gasteiger partial charge is 0.468 e. The maximum atomic E-state index is 13.1. The fourth-order valence-electron chi connectivity index (χ4n) is 2.37. The van der Waals surface area contributed by atoms with Gasteiger partial charge in [-0.2, -0.15) is 0 Å². The molecule has 0 saturated heterocycles. The average molecular weight is 393 g/mol. The summed E-state index contributed by atoms with van der Waals surface area (Å²) < 4.78 is 6.32. The van der Waals surface area contributed by atoms with Gasteiger partial charge in [-0.3, -0.25) is 14.2 Å². The number of carbonyl (C=O) groups excluding carboxylic acids is 1. The first-order valence-electron chi connectivity index (χ1n) is 7.48. The second-order valence-corrected chi connectivity index (χ2v) is 8.30. The van der Waals surface area contributed by atoms with Crippen molar-refractivity contribution in [2.75, 3.05) is 7.11 Å². The Kier molecular flexibility index (Phi) is 5.41. The summed E-state index contributed by atoms with van der Waals surface area (Å²) in [5.74, 6) is -0.352. The van der Waals surface area contributed by atoms with Crippen molar-refractivity contribution in [1.29, 1.82) is 0 Å². The minimum Gasteiger partial charge on any atom is -0.468 e. The zero-order valence-corrected chi connectivity index (χ0v) is 16.2. The van der Waals surface area contributed by atoms with Gasteiger partial charge in [-0.1, -0.05) is 23.9 Å². The Morgan fingerprint density at radius 1 is 1.52 bits per heavy atom. The van der Waals surface area contributed by atoms with Crippen LogP contribution in [0, 0.1) is 0 Å². The van der Waals surface area contributed by atoms with Crippen LogP contribution in [0.1, 0.15) is 6.92 Å². The quantitative estimate of drug-likeness (QED) is 0.274. The predicted octanol–water partition coefficient (Wildman–Crippen LogP) is 4.03. The predicted molar refractivity (Wildman–Crippen MR) is 105 cm³/mol. The van der Waals surface area contributed by atoms with Crippen LogP contribution in [-0.2, 0) is 16.1 Å². The van der Waals surface area contributed by atoms with E-state index < -0.39 is 5.25 Å². The lowest BCUT2D eigenvalue weighted by Crippen LogP contribution is -2.24. The SMILES string of the molecule is C=CCn1c(S[C@@H](C)C(=O)OC)nc2scc(-c3cccs3)c2c1=O. The molecule has 0 fully saturated rings. The monoisotopic (exact) mass is 392 g/mol. The Balaban J connectivity index is 2.16. The minimum absolute atomic E-state index is 0.117. The number of methoxy groups -OCH3 is 1. The van der Waals surface area contributed by atoms with E-state index in [9.17, 15) is 9.59 Å². The molecule has 25 heavy (non-hydrogen) atoms. The lowest BCUT2D eigenvalue weighted by atomic mass is 10.2. The van der Waals surface area contributed by atoms with Gasteiger partial charge in [-0.05, 0) is 18.4 Å².